The van der Waals surface area contributed by atoms with Crippen molar-refractivity contribution in [1.29, 1.82) is 0 Å². The molecule has 0 heterocycles. The van der Waals surface area contributed by atoms with Crippen molar-refractivity contribution in [1.82, 2.24) is 0 Å². The largest absolute Gasteiger partial charge is 0.236 e. The summed E-state index contributed by atoms with van der Waals surface area (Å²) in [4.78, 5) is 4.42. The minimum atomic E-state index is 0.511. The molecule has 0 amide bonds. The lowest BCUT2D eigenvalue weighted by Gasteiger charge is -2.02. The summed E-state index contributed by atoms with van der Waals surface area (Å²) in [5, 5.41) is 2.88. The van der Waals surface area contributed by atoms with E-state index in [2.05, 4.69) is 29.3 Å². The predicted octanol–water partition coefficient (Wildman–Crippen LogP) is 5.16. The van der Waals surface area contributed by atoms with Crippen molar-refractivity contribution in [2.75, 3.05) is 0 Å². The maximum atomic E-state index is 6.29. The number of aliphatic imine (C=N–C) groups is 1. The first kappa shape index (κ1) is 11.9. The van der Waals surface area contributed by atoms with E-state index in [1.165, 1.54) is 10.8 Å². The third kappa shape index (κ3) is 2.67. The first-order valence-electron chi connectivity index (χ1n) is 6.11. The summed E-state index contributed by atoms with van der Waals surface area (Å²) >= 11 is 6.29. The van der Waals surface area contributed by atoms with E-state index in [4.69, 9.17) is 11.6 Å². The van der Waals surface area contributed by atoms with Gasteiger partial charge in [-0.05, 0) is 29.0 Å². The monoisotopic (exact) mass is 265 g/mol. The van der Waals surface area contributed by atoms with E-state index in [1.54, 1.807) is 0 Å². The lowest BCUT2D eigenvalue weighted by Crippen LogP contribution is -1.90. The molecule has 0 N–H and O–H groups in total. The van der Waals surface area contributed by atoms with Gasteiger partial charge in [0.15, 0.2) is 0 Å². The zero-order chi connectivity index (χ0) is 13.1. The van der Waals surface area contributed by atoms with Gasteiger partial charge in [-0.3, -0.25) is 0 Å². The van der Waals surface area contributed by atoms with Gasteiger partial charge in [-0.1, -0.05) is 66.2 Å². The smallest absolute Gasteiger partial charge is 0.136 e. The van der Waals surface area contributed by atoms with Crippen LogP contribution in [0.25, 0.3) is 10.8 Å². The molecule has 0 saturated carbocycles. The molecule has 0 saturated heterocycles. The second kappa shape index (κ2) is 5.25. The molecule has 19 heavy (non-hydrogen) atoms. The van der Waals surface area contributed by atoms with E-state index in [-0.39, 0.29) is 0 Å². The molecule has 0 atom stereocenters. The third-order valence-electron chi connectivity index (χ3n) is 2.97. The van der Waals surface area contributed by atoms with Gasteiger partial charge in [0.2, 0.25) is 0 Å². The summed E-state index contributed by atoms with van der Waals surface area (Å²) < 4.78 is 0. The van der Waals surface area contributed by atoms with Crippen LogP contribution < -0.4 is 0 Å². The van der Waals surface area contributed by atoms with E-state index in [1.807, 2.05) is 48.5 Å². The second-order valence-electron chi connectivity index (χ2n) is 4.30. The molecule has 0 unspecified atom stereocenters. The van der Waals surface area contributed by atoms with E-state index in [9.17, 15) is 0 Å². The lowest BCUT2D eigenvalue weighted by atomic mass is 10.1. The molecule has 2 heteroatoms. The molecule has 0 spiro atoms. The van der Waals surface area contributed by atoms with Gasteiger partial charge in [-0.25, -0.2) is 4.99 Å². The zero-order valence-corrected chi connectivity index (χ0v) is 11.0. The number of halogens is 1. The highest BCUT2D eigenvalue weighted by Crippen LogP contribution is 2.19. The molecule has 3 rings (SSSR count). The summed E-state index contributed by atoms with van der Waals surface area (Å²) in [7, 11) is 0. The van der Waals surface area contributed by atoms with Gasteiger partial charge in [-0.2, -0.15) is 0 Å². The molecule has 92 valence electrons. The molecule has 0 aliphatic carbocycles. The lowest BCUT2D eigenvalue weighted by molar-refractivity contribution is 1.52. The Morgan fingerprint density at radius 1 is 0.737 bits per heavy atom. The Labute approximate surface area is 117 Å². The molecule has 0 aliphatic heterocycles. The first-order valence-corrected chi connectivity index (χ1v) is 6.49. The quantitative estimate of drug-likeness (QED) is 0.568. The standard InChI is InChI=1S/C17H12ClN/c18-17(19-16-8-2-1-3-9-16)15-11-10-13-6-4-5-7-14(13)12-15/h1-12H/b19-17-. The van der Waals surface area contributed by atoms with Crippen LogP contribution in [0.4, 0.5) is 5.69 Å². The topological polar surface area (TPSA) is 12.4 Å². The van der Waals surface area contributed by atoms with Crippen molar-refractivity contribution in [3.05, 3.63) is 78.4 Å². The highest BCUT2D eigenvalue weighted by Gasteiger charge is 2.01. The molecular formula is C17H12ClN. The van der Waals surface area contributed by atoms with Crippen molar-refractivity contribution in [3.63, 3.8) is 0 Å². The van der Waals surface area contributed by atoms with Crippen LogP contribution in [0.15, 0.2) is 77.8 Å². The Hall–Kier alpha value is -2.12. The minimum Gasteiger partial charge on any atom is -0.236 e. The van der Waals surface area contributed by atoms with E-state index in [0.29, 0.717) is 5.17 Å². The SMILES string of the molecule is Cl/C(=N\c1ccccc1)c1ccc2ccccc2c1. The molecule has 0 bridgehead atoms. The fraction of sp³-hybridized carbons (Fsp3) is 0. The number of nitrogens with zero attached hydrogens (tertiary/aromatic N) is 1. The van der Waals surface area contributed by atoms with Crippen molar-refractivity contribution >= 4 is 33.2 Å². The van der Waals surface area contributed by atoms with Crippen LogP contribution in [-0.4, -0.2) is 5.17 Å². The maximum Gasteiger partial charge on any atom is 0.136 e. The van der Waals surface area contributed by atoms with Crippen LogP contribution in [0.1, 0.15) is 5.56 Å². The average molecular weight is 266 g/mol. The van der Waals surface area contributed by atoms with Crippen LogP contribution in [0, 0.1) is 0 Å². The van der Waals surface area contributed by atoms with E-state index < -0.39 is 0 Å². The second-order valence-corrected chi connectivity index (χ2v) is 4.66. The average Bonchev–Trinajstić information content (AvgIpc) is 2.48. The van der Waals surface area contributed by atoms with Crippen LogP contribution in [0.5, 0.6) is 0 Å². The Kier molecular flexibility index (Phi) is 3.30. The van der Waals surface area contributed by atoms with Gasteiger partial charge in [0, 0.05) is 5.56 Å². The normalized spacial score (nSPS) is 11.7. The molecule has 0 aromatic heterocycles. The summed E-state index contributed by atoms with van der Waals surface area (Å²) in [5.41, 5.74) is 1.80. The summed E-state index contributed by atoms with van der Waals surface area (Å²) in [5.74, 6) is 0. The first-order chi connectivity index (χ1) is 9.33. The predicted molar refractivity (Wildman–Crippen MR) is 82.4 cm³/mol. The van der Waals surface area contributed by atoms with Crippen molar-refractivity contribution in [3.8, 4) is 0 Å². The molecule has 0 aliphatic rings. The summed E-state index contributed by atoms with van der Waals surface area (Å²) in [6, 6.07) is 24.1. The summed E-state index contributed by atoms with van der Waals surface area (Å²) in [6.07, 6.45) is 0. The Morgan fingerprint density at radius 3 is 2.21 bits per heavy atom. The number of para-hydroxylation sites is 1. The third-order valence-corrected chi connectivity index (χ3v) is 3.27. The van der Waals surface area contributed by atoms with E-state index in [0.717, 1.165) is 11.3 Å². The maximum absolute atomic E-state index is 6.29. The molecule has 1 nitrogen and oxygen atoms in total. The van der Waals surface area contributed by atoms with Gasteiger partial charge in [-0.15, -0.1) is 0 Å². The van der Waals surface area contributed by atoms with Gasteiger partial charge in [0.05, 0.1) is 5.69 Å². The molecule has 3 aromatic rings. The number of rotatable bonds is 2. The van der Waals surface area contributed by atoms with Crippen molar-refractivity contribution in [2.45, 2.75) is 0 Å². The van der Waals surface area contributed by atoms with Gasteiger partial charge < -0.3 is 0 Å². The number of benzene rings is 3. The van der Waals surface area contributed by atoms with Crippen LogP contribution in [0.3, 0.4) is 0 Å². The zero-order valence-electron chi connectivity index (χ0n) is 10.3. The summed E-state index contributed by atoms with van der Waals surface area (Å²) in [6.45, 7) is 0. The highest BCUT2D eigenvalue weighted by molar-refractivity contribution is 6.69. The Balaban J connectivity index is 2.02. The fourth-order valence-corrected chi connectivity index (χ4v) is 2.21. The molecular weight excluding hydrogens is 254 g/mol. The van der Waals surface area contributed by atoms with Crippen molar-refractivity contribution < 1.29 is 0 Å². The Morgan fingerprint density at radius 2 is 1.42 bits per heavy atom. The van der Waals surface area contributed by atoms with Gasteiger partial charge in [0.25, 0.3) is 0 Å². The molecule has 3 aromatic carbocycles. The minimum absolute atomic E-state index is 0.511. The fourth-order valence-electron chi connectivity index (χ4n) is 2.00. The van der Waals surface area contributed by atoms with Crippen LogP contribution in [0.2, 0.25) is 0 Å². The number of hydrogen-bond acceptors (Lipinski definition) is 1. The Bertz CT molecular complexity index is 732. The number of hydrogen-bond donors (Lipinski definition) is 0. The van der Waals surface area contributed by atoms with Gasteiger partial charge >= 0.3 is 0 Å². The molecule has 0 fully saturated rings. The van der Waals surface area contributed by atoms with Crippen LogP contribution >= 0.6 is 11.6 Å². The van der Waals surface area contributed by atoms with Gasteiger partial charge in [0.1, 0.15) is 5.17 Å². The van der Waals surface area contributed by atoms with Crippen molar-refractivity contribution in [2.24, 2.45) is 4.99 Å². The highest BCUT2D eigenvalue weighted by atomic mass is 35.5. The van der Waals surface area contributed by atoms with E-state index >= 15 is 0 Å². The van der Waals surface area contributed by atoms with Crippen LogP contribution in [-0.2, 0) is 0 Å². The number of fused-ring (bicyclic) bond motifs is 1. The molecule has 0 radical (unpaired) electrons.